The second-order valence-corrected chi connectivity index (χ2v) is 7.82. The van der Waals surface area contributed by atoms with E-state index in [4.69, 9.17) is 16.6 Å². The summed E-state index contributed by atoms with van der Waals surface area (Å²) in [5.74, 6) is 1.37. The lowest BCUT2D eigenvalue weighted by molar-refractivity contribution is -0.121. The van der Waals surface area contributed by atoms with Gasteiger partial charge >= 0.3 is 0 Å². The molecule has 1 aromatic carbocycles. The van der Waals surface area contributed by atoms with Crippen molar-refractivity contribution in [1.82, 2.24) is 4.90 Å². The third-order valence-electron chi connectivity index (χ3n) is 3.19. The molecule has 7 heteroatoms. The van der Waals surface area contributed by atoms with Crippen molar-refractivity contribution in [2.45, 2.75) is 6.92 Å². The van der Waals surface area contributed by atoms with Gasteiger partial charge in [0.25, 0.3) is 5.91 Å². The highest BCUT2D eigenvalue weighted by molar-refractivity contribution is 14.1. The molecule has 3 rings (SSSR count). The SMILES string of the molecule is Cc1ccc(/C=C2/SC(=S)N(CNc3ccc(I)cc3)C2=O)o1. The minimum atomic E-state index is -0.105. The summed E-state index contributed by atoms with van der Waals surface area (Å²) in [6, 6.07) is 11.7. The van der Waals surface area contributed by atoms with Crippen molar-refractivity contribution in [2.24, 2.45) is 0 Å². The summed E-state index contributed by atoms with van der Waals surface area (Å²) >= 11 is 8.85. The van der Waals surface area contributed by atoms with E-state index < -0.39 is 0 Å². The monoisotopic (exact) mass is 456 g/mol. The van der Waals surface area contributed by atoms with Crippen molar-refractivity contribution in [3.05, 3.63) is 56.4 Å². The Hall–Kier alpha value is -1.32. The van der Waals surface area contributed by atoms with E-state index in [1.165, 1.54) is 11.8 Å². The summed E-state index contributed by atoms with van der Waals surface area (Å²) in [7, 11) is 0. The van der Waals surface area contributed by atoms with Crippen LogP contribution in [0.3, 0.4) is 0 Å². The molecule has 2 heterocycles. The summed E-state index contributed by atoms with van der Waals surface area (Å²) < 4.78 is 7.19. The molecule has 1 fully saturated rings. The van der Waals surface area contributed by atoms with Crippen molar-refractivity contribution in [1.29, 1.82) is 0 Å². The first-order valence-electron chi connectivity index (χ1n) is 6.84. The Bertz CT molecular complexity index is 784. The van der Waals surface area contributed by atoms with Crippen molar-refractivity contribution in [3.8, 4) is 0 Å². The summed E-state index contributed by atoms with van der Waals surface area (Å²) in [5.41, 5.74) is 0.949. The Balaban J connectivity index is 1.69. The number of nitrogens with one attached hydrogen (secondary N) is 1. The Morgan fingerprint density at radius 3 is 2.70 bits per heavy atom. The number of thioether (sulfide) groups is 1. The fourth-order valence-electron chi connectivity index (χ4n) is 2.03. The molecule has 0 unspecified atom stereocenters. The number of amides is 1. The van der Waals surface area contributed by atoms with Gasteiger partial charge in [0.2, 0.25) is 0 Å². The van der Waals surface area contributed by atoms with Gasteiger partial charge in [-0.3, -0.25) is 9.69 Å². The molecule has 0 aliphatic carbocycles. The summed E-state index contributed by atoms with van der Waals surface area (Å²) in [6.07, 6.45) is 1.73. The average Bonchev–Trinajstić information content (AvgIpc) is 3.04. The highest BCUT2D eigenvalue weighted by Gasteiger charge is 2.32. The van der Waals surface area contributed by atoms with Gasteiger partial charge in [-0.05, 0) is 65.9 Å². The zero-order chi connectivity index (χ0) is 16.4. The molecule has 1 saturated heterocycles. The molecule has 1 aromatic heterocycles. The Morgan fingerprint density at radius 2 is 2.04 bits per heavy atom. The van der Waals surface area contributed by atoms with E-state index in [9.17, 15) is 4.79 Å². The Morgan fingerprint density at radius 1 is 1.30 bits per heavy atom. The maximum absolute atomic E-state index is 12.5. The Labute approximate surface area is 157 Å². The van der Waals surface area contributed by atoms with Crippen LogP contribution in [0.15, 0.2) is 45.7 Å². The molecular weight excluding hydrogens is 443 g/mol. The average molecular weight is 456 g/mol. The molecule has 0 bridgehead atoms. The van der Waals surface area contributed by atoms with Crippen molar-refractivity contribution in [3.63, 3.8) is 0 Å². The maximum atomic E-state index is 12.5. The summed E-state index contributed by atoms with van der Waals surface area (Å²) in [4.78, 5) is 14.6. The van der Waals surface area contributed by atoms with Crippen LogP contribution in [0.4, 0.5) is 5.69 Å². The van der Waals surface area contributed by atoms with E-state index >= 15 is 0 Å². The fraction of sp³-hybridized carbons (Fsp3) is 0.125. The van der Waals surface area contributed by atoms with Crippen LogP contribution in [-0.2, 0) is 4.79 Å². The molecule has 1 aliphatic heterocycles. The van der Waals surface area contributed by atoms with E-state index in [2.05, 4.69) is 27.9 Å². The first-order chi connectivity index (χ1) is 11.0. The number of benzene rings is 1. The van der Waals surface area contributed by atoms with Gasteiger partial charge in [0, 0.05) is 15.3 Å². The van der Waals surface area contributed by atoms with Crippen LogP contribution in [-0.4, -0.2) is 21.8 Å². The maximum Gasteiger partial charge on any atom is 0.267 e. The smallest absolute Gasteiger partial charge is 0.267 e. The summed E-state index contributed by atoms with van der Waals surface area (Å²) in [6.45, 7) is 2.22. The number of thiocarbonyl (C=S) groups is 1. The predicted molar refractivity (Wildman–Crippen MR) is 106 cm³/mol. The third kappa shape index (κ3) is 3.96. The lowest BCUT2D eigenvalue weighted by Gasteiger charge is -2.16. The summed E-state index contributed by atoms with van der Waals surface area (Å²) in [5, 5.41) is 3.21. The minimum absolute atomic E-state index is 0.105. The lowest BCUT2D eigenvalue weighted by atomic mass is 10.3. The van der Waals surface area contributed by atoms with Crippen LogP contribution >= 0.6 is 46.6 Å². The number of rotatable bonds is 4. The lowest BCUT2D eigenvalue weighted by Crippen LogP contribution is -2.33. The second-order valence-electron chi connectivity index (χ2n) is 4.90. The first kappa shape index (κ1) is 16.5. The topological polar surface area (TPSA) is 45.5 Å². The Kier molecular flexibility index (Phi) is 5.08. The standard InChI is InChI=1S/C16H13IN2O2S2/c1-10-2-7-13(21-10)8-14-15(20)19(16(22)23-14)9-18-12-5-3-11(17)4-6-12/h2-8,18H,9H2,1H3/b14-8+. The number of furan rings is 1. The van der Waals surface area contributed by atoms with Crippen LogP contribution in [0.5, 0.6) is 0 Å². The van der Waals surface area contributed by atoms with Crippen LogP contribution in [0, 0.1) is 10.5 Å². The molecule has 0 saturated carbocycles. The van der Waals surface area contributed by atoms with Crippen LogP contribution in [0.1, 0.15) is 11.5 Å². The molecule has 118 valence electrons. The van der Waals surface area contributed by atoms with Gasteiger partial charge in [0.1, 0.15) is 15.8 Å². The molecule has 4 nitrogen and oxygen atoms in total. The van der Waals surface area contributed by atoms with E-state index in [0.717, 1.165) is 15.0 Å². The highest BCUT2D eigenvalue weighted by atomic mass is 127. The normalized spacial score (nSPS) is 16.4. The van der Waals surface area contributed by atoms with E-state index in [0.29, 0.717) is 21.7 Å². The van der Waals surface area contributed by atoms with Crippen LogP contribution < -0.4 is 5.32 Å². The molecule has 2 aromatic rings. The molecule has 23 heavy (non-hydrogen) atoms. The molecule has 0 atom stereocenters. The van der Waals surface area contributed by atoms with Gasteiger partial charge in [-0.15, -0.1) is 0 Å². The van der Waals surface area contributed by atoms with Gasteiger partial charge in [-0.25, -0.2) is 0 Å². The third-order valence-corrected chi connectivity index (χ3v) is 5.29. The number of nitrogens with zero attached hydrogens (tertiary/aromatic N) is 1. The number of anilines is 1. The zero-order valence-corrected chi connectivity index (χ0v) is 16.0. The van der Waals surface area contributed by atoms with Gasteiger partial charge in [0.05, 0.1) is 11.6 Å². The number of carbonyl (C=O) groups is 1. The van der Waals surface area contributed by atoms with E-state index in [1.807, 2.05) is 43.3 Å². The molecule has 1 N–H and O–H groups in total. The number of halogens is 1. The highest BCUT2D eigenvalue weighted by Crippen LogP contribution is 2.32. The van der Waals surface area contributed by atoms with Gasteiger partial charge in [-0.2, -0.15) is 0 Å². The van der Waals surface area contributed by atoms with E-state index in [1.54, 1.807) is 11.0 Å². The van der Waals surface area contributed by atoms with Crippen LogP contribution in [0.25, 0.3) is 6.08 Å². The second kappa shape index (κ2) is 7.06. The zero-order valence-electron chi connectivity index (χ0n) is 12.2. The van der Waals surface area contributed by atoms with Crippen molar-refractivity contribution < 1.29 is 9.21 Å². The predicted octanol–water partition coefficient (Wildman–Crippen LogP) is 4.46. The van der Waals surface area contributed by atoms with Crippen molar-refractivity contribution >= 4 is 68.6 Å². The van der Waals surface area contributed by atoms with Crippen LogP contribution in [0.2, 0.25) is 0 Å². The van der Waals surface area contributed by atoms with Gasteiger partial charge < -0.3 is 9.73 Å². The fourth-order valence-corrected chi connectivity index (χ4v) is 3.63. The molecule has 0 spiro atoms. The molecule has 0 radical (unpaired) electrons. The number of hydrogen-bond acceptors (Lipinski definition) is 5. The molecule has 1 amide bonds. The van der Waals surface area contributed by atoms with Gasteiger partial charge in [-0.1, -0.05) is 24.0 Å². The van der Waals surface area contributed by atoms with Crippen molar-refractivity contribution in [2.75, 3.05) is 12.0 Å². The minimum Gasteiger partial charge on any atom is -0.462 e. The quantitative estimate of drug-likeness (QED) is 0.418. The van der Waals surface area contributed by atoms with E-state index in [-0.39, 0.29) is 5.91 Å². The first-order valence-corrected chi connectivity index (χ1v) is 9.14. The molecule has 1 aliphatic rings. The molecular formula is C16H13IN2O2S2. The number of carbonyl (C=O) groups excluding carboxylic acids is 1. The number of aryl methyl sites for hydroxylation is 1. The number of hydrogen-bond donors (Lipinski definition) is 1. The largest absolute Gasteiger partial charge is 0.462 e. The van der Waals surface area contributed by atoms with Gasteiger partial charge in [0.15, 0.2) is 0 Å².